The van der Waals surface area contributed by atoms with Crippen LogP contribution in [0, 0.1) is 0 Å². The summed E-state index contributed by atoms with van der Waals surface area (Å²) in [5, 5.41) is 0. The van der Waals surface area contributed by atoms with Gasteiger partial charge in [0.15, 0.2) is 0 Å². The van der Waals surface area contributed by atoms with E-state index < -0.39 is 24.0 Å². The topological polar surface area (TPSA) is 84.5 Å². The Kier molecular flexibility index (Phi) is 4.68. The molecule has 0 atom stereocenters. The van der Waals surface area contributed by atoms with E-state index in [1.165, 1.54) is 36.8 Å². The molecule has 0 aliphatic heterocycles. The normalized spacial score (nSPS) is 10.6. The Hall–Kier alpha value is -2.58. The van der Waals surface area contributed by atoms with Gasteiger partial charge in [-0.1, -0.05) is 0 Å². The number of halogens is 3. The minimum atomic E-state index is -5.10. The zero-order chi connectivity index (χ0) is 15.3. The van der Waals surface area contributed by atoms with Gasteiger partial charge in [0.05, 0.1) is 12.7 Å². The van der Waals surface area contributed by atoms with Crippen LogP contribution < -0.4 is 10.9 Å². The summed E-state index contributed by atoms with van der Waals surface area (Å²) in [7, 11) is 1.18. The van der Waals surface area contributed by atoms with E-state index in [1.807, 2.05) is 0 Å². The van der Waals surface area contributed by atoms with E-state index in [9.17, 15) is 27.6 Å². The standard InChI is InChI=1S/C11H9F3N2O4/c1-20-9(18)7-4-2-6(3-5-7)8(17)15-16-10(19)11(12,13)14/h2-5H,1H3,(H,15,17)(H,16,19). The number of hydrogen-bond donors (Lipinski definition) is 2. The number of carbonyl (C=O) groups is 3. The van der Waals surface area contributed by atoms with Crippen LogP contribution in [0.15, 0.2) is 24.3 Å². The lowest BCUT2D eigenvalue weighted by molar-refractivity contribution is -0.174. The Morgan fingerprint density at radius 1 is 1.00 bits per heavy atom. The molecule has 9 heteroatoms. The number of nitrogens with one attached hydrogen (secondary N) is 2. The lowest BCUT2D eigenvalue weighted by Gasteiger charge is -2.09. The molecule has 0 aromatic heterocycles. The van der Waals surface area contributed by atoms with Crippen molar-refractivity contribution in [1.29, 1.82) is 0 Å². The lowest BCUT2D eigenvalue weighted by Crippen LogP contribution is -2.47. The highest BCUT2D eigenvalue weighted by Crippen LogP contribution is 2.13. The Bertz CT molecular complexity index is 525. The van der Waals surface area contributed by atoms with Gasteiger partial charge < -0.3 is 4.74 Å². The number of carbonyl (C=O) groups excluding carboxylic acids is 3. The van der Waals surface area contributed by atoms with Crippen LogP contribution >= 0.6 is 0 Å². The van der Waals surface area contributed by atoms with Gasteiger partial charge in [0.25, 0.3) is 5.91 Å². The van der Waals surface area contributed by atoms with Gasteiger partial charge in [0.1, 0.15) is 0 Å². The van der Waals surface area contributed by atoms with E-state index in [0.29, 0.717) is 0 Å². The van der Waals surface area contributed by atoms with Crippen molar-refractivity contribution in [1.82, 2.24) is 10.9 Å². The van der Waals surface area contributed by atoms with Crippen LogP contribution in [-0.4, -0.2) is 31.1 Å². The molecule has 0 fully saturated rings. The number of hydrazine groups is 1. The molecule has 0 aliphatic carbocycles. The molecule has 0 bridgehead atoms. The van der Waals surface area contributed by atoms with Crippen molar-refractivity contribution < 1.29 is 32.3 Å². The molecule has 2 N–H and O–H groups in total. The van der Waals surface area contributed by atoms with Crippen molar-refractivity contribution in [3.05, 3.63) is 35.4 Å². The summed E-state index contributed by atoms with van der Waals surface area (Å²) < 4.78 is 40.0. The molecular formula is C11H9F3N2O4. The second-order valence-corrected chi connectivity index (χ2v) is 3.47. The molecule has 6 nitrogen and oxygen atoms in total. The monoisotopic (exact) mass is 290 g/mol. The average Bonchev–Trinajstić information content (AvgIpc) is 2.42. The number of rotatable bonds is 2. The third kappa shape index (κ3) is 3.97. The summed E-state index contributed by atoms with van der Waals surface area (Å²) >= 11 is 0. The summed E-state index contributed by atoms with van der Waals surface area (Å²) in [4.78, 5) is 33.0. The Morgan fingerprint density at radius 3 is 1.95 bits per heavy atom. The minimum absolute atomic E-state index is 0.0415. The van der Waals surface area contributed by atoms with Crippen molar-refractivity contribution >= 4 is 17.8 Å². The van der Waals surface area contributed by atoms with Crippen LogP contribution in [0.4, 0.5) is 13.2 Å². The van der Waals surface area contributed by atoms with E-state index in [0.717, 1.165) is 0 Å². The van der Waals surface area contributed by atoms with Crippen molar-refractivity contribution in [2.75, 3.05) is 7.11 Å². The summed E-state index contributed by atoms with van der Waals surface area (Å²) in [5.74, 6) is -3.88. The van der Waals surface area contributed by atoms with Crippen molar-refractivity contribution in [2.24, 2.45) is 0 Å². The number of esters is 1. The number of amides is 2. The summed E-state index contributed by atoms with van der Waals surface area (Å²) in [6.07, 6.45) is -5.10. The first-order valence-electron chi connectivity index (χ1n) is 5.11. The van der Waals surface area contributed by atoms with Crippen molar-refractivity contribution in [3.63, 3.8) is 0 Å². The molecule has 108 valence electrons. The van der Waals surface area contributed by atoms with Crippen LogP contribution in [-0.2, 0) is 9.53 Å². The lowest BCUT2D eigenvalue weighted by atomic mass is 10.1. The number of alkyl halides is 3. The fraction of sp³-hybridized carbons (Fsp3) is 0.182. The fourth-order valence-corrected chi connectivity index (χ4v) is 1.13. The Balaban J connectivity index is 2.65. The van der Waals surface area contributed by atoms with E-state index in [4.69, 9.17) is 0 Å². The van der Waals surface area contributed by atoms with Gasteiger partial charge in [0, 0.05) is 5.56 Å². The maximum Gasteiger partial charge on any atom is 0.472 e. The highest BCUT2D eigenvalue weighted by Gasteiger charge is 2.38. The highest BCUT2D eigenvalue weighted by atomic mass is 19.4. The molecule has 0 saturated carbocycles. The smallest absolute Gasteiger partial charge is 0.465 e. The van der Waals surface area contributed by atoms with Gasteiger partial charge in [-0.2, -0.15) is 13.2 Å². The van der Waals surface area contributed by atoms with Crippen molar-refractivity contribution in [3.8, 4) is 0 Å². The predicted octanol–water partition coefficient (Wildman–Crippen LogP) is 0.796. The van der Waals surface area contributed by atoms with E-state index in [1.54, 1.807) is 5.43 Å². The van der Waals surface area contributed by atoms with Crippen molar-refractivity contribution in [2.45, 2.75) is 6.18 Å². The Labute approximate surface area is 110 Å². The van der Waals surface area contributed by atoms with Gasteiger partial charge in [-0.05, 0) is 24.3 Å². The van der Waals surface area contributed by atoms with Crippen LogP contribution in [0.25, 0.3) is 0 Å². The minimum Gasteiger partial charge on any atom is -0.465 e. The first-order chi connectivity index (χ1) is 9.25. The molecule has 0 heterocycles. The van der Waals surface area contributed by atoms with E-state index >= 15 is 0 Å². The molecule has 0 aliphatic rings. The Morgan fingerprint density at radius 2 is 1.50 bits per heavy atom. The molecule has 1 rings (SSSR count). The second-order valence-electron chi connectivity index (χ2n) is 3.47. The van der Waals surface area contributed by atoms with E-state index in [2.05, 4.69) is 4.74 Å². The van der Waals surface area contributed by atoms with E-state index in [-0.39, 0.29) is 11.1 Å². The van der Waals surface area contributed by atoms with Gasteiger partial charge in [-0.25, -0.2) is 4.79 Å². The summed E-state index contributed by atoms with van der Waals surface area (Å²) in [6.45, 7) is 0. The molecule has 0 radical (unpaired) electrons. The zero-order valence-electron chi connectivity index (χ0n) is 10.1. The van der Waals surface area contributed by atoms with Crippen LogP contribution in [0.1, 0.15) is 20.7 Å². The number of methoxy groups -OCH3 is 1. The quantitative estimate of drug-likeness (QED) is 0.623. The summed E-state index contributed by atoms with van der Waals surface area (Å²) in [6, 6.07) is 4.90. The average molecular weight is 290 g/mol. The van der Waals surface area contributed by atoms with Crippen LogP contribution in [0.3, 0.4) is 0 Å². The molecule has 0 spiro atoms. The highest BCUT2D eigenvalue weighted by molar-refractivity contribution is 5.97. The van der Waals surface area contributed by atoms with Gasteiger partial charge in [0.2, 0.25) is 0 Å². The SMILES string of the molecule is COC(=O)c1ccc(C(=O)NNC(=O)C(F)(F)F)cc1. The fourth-order valence-electron chi connectivity index (χ4n) is 1.13. The molecule has 2 amide bonds. The first-order valence-corrected chi connectivity index (χ1v) is 5.11. The second kappa shape index (κ2) is 6.04. The largest absolute Gasteiger partial charge is 0.472 e. The zero-order valence-corrected chi connectivity index (χ0v) is 10.1. The van der Waals surface area contributed by atoms with Gasteiger partial charge >= 0.3 is 18.1 Å². The maximum atomic E-state index is 11.9. The third-order valence-corrected chi connectivity index (χ3v) is 2.12. The summed E-state index contributed by atoms with van der Waals surface area (Å²) in [5.41, 5.74) is 2.94. The number of ether oxygens (including phenoxy) is 1. The maximum absolute atomic E-state index is 11.9. The molecule has 0 saturated heterocycles. The third-order valence-electron chi connectivity index (χ3n) is 2.12. The molecule has 0 unspecified atom stereocenters. The number of benzene rings is 1. The van der Waals surface area contributed by atoms with Gasteiger partial charge in [-0.3, -0.25) is 20.4 Å². The molecule has 20 heavy (non-hydrogen) atoms. The number of hydrogen-bond acceptors (Lipinski definition) is 4. The van der Waals surface area contributed by atoms with Crippen LogP contribution in [0.2, 0.25) is 0 Å². The first kappa shape index (κ1) is 15.5. The predicted molar refractivity (Wildman–Crippen MR) is 59.4 cm³/mol. The van der Waals surface area contributed by atoms with Crippen LogP contribution in [0.5, 0.6) is 0 Å². The molecule has 1 aromatic rings. The molecular weight excluding hydrogens is 281 g/mol. The molecule has 1 aromatic carbocycles. The van der Waals surface area contributed by atoms with Gasteiger partial charge in [-0.15, -0.1) is 0 Å².